The lowest BCUT2D eigenvalue weighted by molar-refractivity contribution is 0.0229. The highest BCUT2D eigenvalue weighted by Gasteiger charge is 2.17. The second-order valence-electron chi connectivity index (χ2n) is 4.01. The summed E-state index contributed by atoms with van der Waals surface area (Å²) in [7, 11) is 1.63. The maximum Gasteiger partial charge on any atom is 0.251 e. The molecule has 1 aromatic carbocycles. The highest BCUT2D eigenvalue weighted by molar-refractivity contribution is 5.94. The Labute approximate surface area is 90.4 Å². The summed E-state index contributed by atoms with van der Waals surface area (Å²) in [5.41, 5.74) is 0.342. The van der Waals surface area contributed by atoms with Crippen molar-refractivity contribution in [2.75, 3.05) is 13.7 Å². The van der Waals surface area contributed by atoms with Crippen LogP contribution >= 0.6 is 0 Å². The van der Waals surface area contributed by atoms with Gasteiger partial charge in [-0.15, -0.1) is 0 Å². The van der Waals surface area contributed by atoms with Gasteiger partial charge in [0.05, 0.1) is 5.60 Å². The first-order valence-electron chi connectivity index (χ1n) is 4.93. The van der Waals surface area contributed by atoms with Crippen LogP contribution in [0.1, 0.15) is 24.2 Å². The van der Waals surface area contributed by atoms with E-state index in [0.29, 0.717) is 12.1 Å². The Morgan fingerprint density at radius 2 is 1.93 bits per heavy atom. The number of carbonyl (C=O) groups is 1. The van der Waals surface area contributed by atoms with E-state index in [1.807, 2.05) is 32.0 Å². The monoisotopic (exact) mass is 207 g/mol. The van der Waals surface area contributed by atoms with Crippen LogP contribution in [0.5, 0.6) is 0 Å². The molecule has 0 saturated heterocycles. The third-order valence-electron chi connectivity index (χ3n) is 2.26. The zero-order chi connectivity index (χ0) is 11.3. The molecule has 0 unspecified atom stereocenters. The van der Waals surface area contributed by atoms with Crippen LogP contribution in [-0.2, 0) is 4.74 Å². The molecule has 0 aromatic heterocycles. The fraction of sp³-hybridized carbons (Fsp3) is 0.417. The number of hydrogen-bond acceptors (Lipinski definition) is 2. The van der Waals surface area contributed by atoms with Gasteiger partial charge in [-0.3, -0.25) is 4.79 Å². The SMILES string of the molecule is COC(C)(C)CNC(=O)c1ccccc1. The van der Waals surface area contributed by atoms with Crippen molar-refractivity contribution in [1.29, 1.82) is 0 Å². The van der Waals surface area contributed by atoms with Gasteiger partial charge in [-0.05, 0) is 26.0 Å². The Kier molecular flexibility index (Phi) is 3.86. The van der Waals surface area contributed by atoms with Crippen molar-refractivity contribution in [3.63, 3.8) is 0 Å². The van der Waals surface area contributed by atoms with Gasteiger partial charge >= 0.3 is 0 Å². The number of carbonyl (C=O) groups excluding carboxylic acids is 1. The number of ether oxygens (including phenoxy) is 1. The molecule has 0 radical (unpaired) electrons. The Bertz CT molecular complexity index is 320. The van der Waals surface area contributed by atoms with E-state index in [1.54, 1.807) is 19.2 Å². The first-order chi connectivity index (χ1) is 7.05. The fourth-order valence-electron chi connectivity index (χ4n) is 1.06. The van der Waals surface area contributed by atoms with Crippen LogP contribution in [-0.4, -0.2) is 25.2 Å². The summed E-state index contributed by atoms with van der Waals surface area (Å²) in [6, 6.07) is 9.15. The molecule has 0 fully saturated rings. The van der Waals surface area contributed by atoms with Crippen LogP contribution in [0.15, 0.2) is 30.3 Å². The second kappa shape index (κ2) is 4.94. The third-order valence-corrected chi connectivity index (χ3v) is 2.26. The second-order valence-corrected chi connectivity index (χ2v) is 4.01. The normalized spacial score (nSPS) is 11.1. The summed E-state index contributed by atoms with van der Waals surface area (Å²) in [4.78, 5) is 11.6. The average Bonchev–Trinajstić information content (AvgIpc) is 2.27. The molecule has 0 spiro atoms. The molecule has 15 heavy (non-hydrogen) atoms. The lowest BCUT2D eigenvalue weighted by Gasteiger charge is -2.23. The largest absolute Gasteiger partial charge is 0.377 e. The van der Waals surface area contributed by atoms with Crippen molar-refractivity contribution in [1.82, 2.24) is 5.32 Å². The summed E-state index contributed by atoms with van der Waals surface area (Å²) >= 11 is 0. The Morgan fingerprint density at radius 1 is 1.33 bits per heavy atom. The third kappa shape index (κ3) is 3.72. The highest BCUT2D eigenvalue weighted by Crippen LogP contribution is 2.05. The summed E-state index contributed by atoms with van der Waals surface area (Å²) < 4.78 is 5.21. The number of amides is 1. The quantitative estimate of drug-likeness (QED) is 0.818. The molecule has 1 amide bonds. The number of hydrogen-bond donors (Lipinski definition) is 1. The molecule has 0 atom stereocenters. The van der Waals surface area contributed by atoms with E-state index in [4.69, 9.17) is 4.74 Å². The van der Waals surface area contributed by atoms with Crippen LogP contribution < -0.4 is 5.32 Å². The van der Waals surface area contributed by atoms with Gasteiger partial charge < -0.3 is 10.1 Å². The van der Waals surface area contributed by atoms with Gasteiger partial charge in [0.2, 0.25) is 0 Å². The molecule has 3 heteroatoms. The lowest BCUT2D eigenvalue weighted by Crippen LogP contribution is -2.39. The predicted molar refractivity (Wildman–Crippen MR) is 59.9 cm³/mol. The van der Waals surface area contributed by atoms with Gasteiger partial charge in [0.25, 0.3) is 5.91 Å². The van der Waals surface area contributed by atoms with E-state index in [0.717, 1.165) is 0 Å². The zero-order valence-electron chi connectivity index (χ0n) is 9.41. The average molecular weight is 207 g/mol. The van der Waals surface area contributed by atoms with E-state index in [2.05, 4.69) is 5.32 Å². The number of benzene rings is 1. The topological polar surface area (TPSA) is 38.3 Å². The van der Waals surface area contributed by atoms with E-state index in [1.165, 1.54) is 0 Å². The van der Waals surface area contributed by atoms with Crippen molar-refractivity contribution in [2.45, 2.75) is 19.4 Å². The van der Waals surface area contributed by atoms with Gasteiger partial charge in [-0.25, -0.2) is 0 Å². The van der Waals surface area contributed by atoms with Crippen LogP contribution in [0.2, 0.25) is 0 Å². The van der Waals surface area contributed by atoms with E-state index in [9.17, 15) is 4.79 Å². The summed E-state index contributed by atoms with van der Waals surface area (Å²) in [6.45, 7) is 4.35. The predicted octanol–water partition coefficient (Wildman–Crippen LogP) is 1.84. The Balaban J connectivity index is 2.51. The van der Waals surface area contributed by atoms with Crippen molar-refractivity contribution in [3.05, 3.63) is 35.9 Å². The molecular formula is C12H17NO2. The number of rotatable bonds is 4. The zero-order valence-corrected chi connectivity index (χ0v) is 9.41. The molecule has 1 N–H and O–H groups in total. The Hall–Kier alpha value is -1.35. The number of nitrogens with one attached hydrogen (secondary N) is 1. The first kappa shape index (κ1) is 11.7. The molecule has 0 aliphatic heterocycles. The summed E-state index contributed by atoms with van der Waals surface area (Å²) in [6.07, 6.45) is 0. The molecule has 0 saturated carbocycles. The van der Waals surface area contributed by atoms with Crippen molar-refractivity contribution in [3.8, 4) is 0 Å². The van der Waals surface area contributed by atoms with Crippen LogP contribution in [0.25, 0.3) is 0 Å². The van der Waals surface area contributed by atoms with Gasteiger partial charge in [0, 0.05) is 19.2 Å². The molecule has 0 bridgehead atoms. The molecule has 0 aliphatic carbocycles. The molecule has 0 heterocycles. The van der Waals surface area contributed by atoms with Crippen molar-refractivity contribution < 1.29 is 9.53 Å². The molecule has 82 valence electrons. The standard InChI is InChI=1S/C12H17NO2/c1-12(2,15-3)9-13-11(14)10-7-5-4-6-8-10/h4-8H,9H2,1-3H3,(H,13,14). The smallest absolute Gasteiger partial charge is 0.251 e. The molecule has 0 aliphatic rings. The molecule has 1 aromatic rings. The molecule has 3 nitrogen and oxygen atoms in total. The number of methoxy groups -OCH3 is 1. The van der Waals surface area contributed by atoms with E-state index >= 15 is 0 Å². The van der Waals surface area contributed by atoms with Crippen LogP contribution in [0.3, 0.4) is 0 Å². The van der Waals surface area contributed by atoms with Crippen molar-refractivity contribution in [2.24, 2.45) is 0 Å². The van der Waals surface area contributed by atoms with Crippen LogP contribution in [0, 0.1) is 0 Å². The maximum absolute atomic E-state index is 11.6. The lowest BCUT2D eigenvalue weighted by atomic mass is 10.1. The molecular weight excluding hydrogens is 190 g/mol. The van der Waals surface area contributed by atoms with Gasteiger partial charge in [-0.2, -0.15) is 0 Å². The first-order valence-corrected chi connectivity index (χ1v) is 4.93. The summed E-state index contributed by atoms with van der Waals surface area (Å²) in [5, 5.41) is 2.83. The van der Waals surface area contributed by atoms with Gasteiger partial charge in [0.15, 0.2) is 0 Å². The van der Waals surface area contributed by atoms with Gasteiger partial charge in [-0.1, -0.05) is 18.2 Å². The van der Waals surface area contributed by atoms with Crippen molar-refractivity contribution >= 4 is 5.91 Å². The van der Waals surface area contributed by atoms with Gasteiger partial charge in [0.1, 0.15) is 0 Å². The minimum absolute atomic E-state index is 0.0688. The minimum Gasteiger partial charge on any atom is -0.377 e. The van der Waals surface area contributed by atoms with E-state index in [-0.39, 0.29) is 11.5 Å². The maximum atomic E-state index is 11.6. The Morgan fingerprint density at radius 3 is 2.47 bits per heavy atom. The highest BCUT2D eigenvalue weighted by atomic mass is 16.5. The van der Waals surface area contributed by atoms with E-state index < -0.39 is 0 Å². The summed E-state index contributed by atoms with van der Waals surface area (Å²) in [5.74, 6) is -0.0688. The van der Waals surface area contributed by atoms with Crippen LogP contribution in [0.4, 0.5) is 0 Å². The molecule has 1 rings (SSSR count). The minimum atomic E-state index is -0.329. The fourth-order valence-corrected chi connectivity index (χ4v) is 1.06.